The van der Waals surface area contributed by atoms with Crippen LogP contribution in [-0.4, -0.2) is 132 Å². The van der Waals surface area contributed by atoms with Crippen LogP contribution in [0, 0.1) is 0 Å². The number of carbonyl (C=O) groups is 6. The van der Waals surface area contributed by atoms with Crippen LogP contribution in [0.1, 0.15) is 91.0 Å². The van der Waals surface area contributed by atoms with Gasteiger partial charge >= 0.3 is 0 Å². The van der Waals surface area contributed by atoms with Crippen molar-refractivity contribution in [3.8, 4) is 22.8 Å². The quantitative estimate of drug-likeness (QED) is 0.0692. The minimum absolute atomic E-state index is 0.0646. The largest absolute Gasteiger partial charge is 0.457 e. The molecule has 2 aromatic heterocycles. The molecule has 3 aromatic carbocycles. The Balaban J connectivity index is 0.686. The van der Waals surface area contributed by atoms with Crippen LogP contribution in [0.25, 0.3) is 22.3 Å². The Morgan fingerprint density at radius 3 is 2.33 bits per heavy atom. The highest BCUT2D eigenvalue weighted by Crippen LogP contribution is 2.37. The fourth-order valence-corrected chi connectivity index (χ4v) is 10.6. The highest BCUT2D eigenvalue weighted by Gasteiger charge is 2.45. The topological polar surface area (TPSA) is 206 Å². The monoisotopic (exact) mass is 926 g/mol. The molecule has 0 radical (unpaired) electrons. The number of hydrogen-bond donors (Lipinski definition) is 2. The molecule has 3 saturated heterocycles. The van der Waals surface area contributed by atoms with Gasteiger partial charge < -0.3 is 20.3 Å². The molecule has 67 heavy (non-hydrogen) atoms. The van der Waals surface area contributed by atoms with Crippen LogP contribution < -0.4 is 15.8 Å². The Morgan fingerprint density at radius 2 is 1.54 bits per heavy atom. The van der Waals surface area contributed by atoms with Gasteiger partial charge in [0.1, 0.15) is 35.4 Å². The van der Waals surface area contributed by atoms with Gasteiger partial charge in [0.25, 0.3) is 11.8 Å². The first-order valence-electron chi connectivity index (χ1n) is 23.2. The molecule has 3 fully saturated rings. The number of nitrogen functional groups attached to an aromatic ring is 1. The fourth-order valence-electron chi connectivity index (χ4n) is 9.47. The molecule has 0 spiro atoms. The highest BCUT2D eigenvalue weighted by atomic mass is 32.2. The number of nitrogens with two attached hydrogens (primary N) is 1. The molecule has 6 amide bonds. The van der Waals surface area contributed by atoms with Gasteiger partial charge in [-0.25, -0.2) is 14.6 Å². The maximum Gasteiger partial charge on any atom is 0.263 e. The van der Waals surface area contributed by atoms with E-state index in [1.54, 1.807) is 12.1 Å². The molecule has 3 N–H and O–H groups in total. The second kappa shape index (κ2) is 20.5. The van der Waals surface area contributed by atoms with E-state index < -0.39 is 29.7 Å². The zero-order valence-electron chi connectivity index (χ0n) is 37.3. The summed E-state index contributed by atoms with van der Waals surface area (Å²) in [5.41, 5.74) is 9.21. The minimum atomic E-state index is -0.998. The first-order chi connectivity index (χ1) is 32.6. The van der Waals surface area contributed by atoms with Gasteiger partial charge in [-0.1, -0.05) is 30.7 Å². The number of nitrogens with one attached hydrogen (secondary N) is 1. The van der Waals surface area contributed by atoms with Gasteiger partial charge in [-0.3, -0.25) is 43.9 Å². The van der Waals surface area contributed by atoms with Crippen molar-refractivity contribution in [2.45, 2.75) is 81.2 Å². The van der Waals surface area contributed by atoms with Gasteiger partial charge in [-0.15, -0.1) is 11.8 Å². The van der Waals surface area contributed by atoms with Crippen molar-refractivity contribution < 1.29 is 33.5 Å². The van der Waals surface area contributed by atoms with E-state index in [0.717, 1.165) is 74.4 Å². The Bertz CT molecular complexity index is 2670. The van der Waals surface area contributed by atoms with E-state index in [1.165, 1.54) is 18.1 Å². The number of rotatable bonds is 16. The zero-order valence-corrected chi connectivity index (χ0v) is 38.1. The minimum Gasteiger partial charge on any atom is -0.457 e. The normalized spacial score (nSPS) is 19.0. The molecule has 4 aliphatic heterocycles. The van der Waals surface area contributed by atoms with E-state index in [9.17, 15) is 28.8 Å². The average Bonchev–Trinajstić information content (AvgIpc) is 3.86. The highest BCUT2D eigenvalue weighted by molar-refractivity contribution is 7.99. The molecule has 6 heterocycles. The number of benzene rings is 3. The molecule has 9 rings (SSSR count). The summed E-state index contributed by atoms with van der Waals surface area (Å²) in [4.78, 5) is 94.1. The molecule has 2 unspecified atom stereocenters. The second-order valence-corrected chi connectivity index (χ2v) is 18.6. The summed E-state index contributed by atoms with van der Waals surface area (Å²) in [6.45, 7) is 4.90. The van der Waals surface area contributed by atoms with E-state index in [0.29, 0.717) is 83.5 Å². The first-order valence-corrected chi connectivity index (χ1v) is 24.2. The zero-order chi connectivity index (χ0) is 46.4. The standard InChI is InChI=1S/C49H54N10O7S/c50-45-43-44(32-17-19-35(20-18-32)66-34-11-3-1-4-12-34)54-59(46(43)52-31-51-45)33-10-8-24-57(30-33)41(62)16-9-23-55-25-27-56(28-26-55)40(61)15-5-2-6-29-67-38-14-7-13-36-42(38)49(65)58(48(36)64)37-21-22-39(60)53-47(37)63/h1,3-4,7,11-14,17-20,31,33,37H,2,5-6,8-10,15-16,21-30H2,(H2,50,51,52)(H,53,60,63). The Kier molecular flexibility index (Phi) is 13.9. The van der Waals surface area contributed by atoms with E-state index >= 15 is 0 Å². The summed E-state index contributed by atoms with van der Waals surface area (Å²) in [7, 11) is 0. The van der Waals surface area contributed by atoms with Gasteiger partial charge in [-0.2, -0.15) is 5.10 Å². The Labute approximate surface area is 392 Å². The number of thioether (sulfide) groups is 1. The van der Waals surface area contributed by atoms with Crippen molar-refractivity contribution in [1.29, 1.82) is 0 Å². The summed E-state index contributed by atoms with van der Waals surface area (Å²) in [5.74, 6) is 0.745. The molecule has 18 heteroatoms. The first kappa shape index (κ1) is 45.5. The smallest absolute Gasteiger partial charge is 0.263 e. The van der Waals surface area contributed by atoms with Crippen molar-refractivity contribution in [2.75, 3.05) is 57.3 Å². The summed E-state index contributed by atoms with van der Waals surface area (Å²) in [6.07, 6.45) is 7.44. The third kappa shape index (κ3) is 10.0. The number of amides is 6. The molecular weight excluding hydrogens is 873 g/mol. The second-order valence-electron chi connectivity index (χ2n) is 17.4. The summed E-state index contributed by atoms with van der Waals surface area (Å²) in [5, 5.41) is 7.97. The third-order valence-electron chi connectivity index (χ3n) is 13.0. The number of nitrogens with zero attached hydrogens (tertiary/aromatic N) is 8. The number of imide groups is 2. The van der Waals surface area contributed by atoms with Gasteiger partial charge in [0.05, 0.1) is 22.6 Å². The summed E-state index contributed by atoms with van der Waals surface area (Å²) in [6, 6.07) is 21.4. The number of likely N-dealkylation sites (tertiary alicyclic amines) is 1. The van der Waals surface area contributed by atoms with Crippen molar-refractivity contribution in [3.63, 3.8) is 0 Å². The number of ether oxygens (including phenoxy) is 1. The predicted octanol–water partition coefficient (Wildman–Crippen LogP) is 5.71. The summed E-state index contributed by atoms with van der Waals surface area (Å²) >= 11 is 1.49. The van der Waals surface area contributed by atoms with E-state index in [2.05, 4.69) is 20.2 Å². The number of piperazine rings is 1. The third-order valence-corrected chi connectivity index (χ3v) is 14.2. The Morgan fingerprint density at radius 1 is 0.776 bits per heavy atom. The molecule has 0 bridgehead atoms. The van der Waals surface area contributed by atoms with Crippen molar-refractivity contribution in [1.82, 2.24) is 44.7 Å². The van der Waals surface area contributed by atoms with Crippen LogP contribution in [0.4, 0.5) is 5.82 Å². The molecule has 5 aromatic rings. The lowest BCUT2D eigenvalue weighted by molar-refractivity contribution is -0.136. The van der Waals surface area contributed by atoms with Gasteiger partial charge in [0, 0.05) is 69.0 Å². The number of piperidine rings is 2. The number of unbranched alkanes of at least 4 members (excludes halogenated alkanes) is 2. The van der Waals surface area contributed by atoms with E-state index in [1.807, 2.05) is 75.1 Å². The van der Waals surface area contributed by atoms with Crippen LogP contribution >= 0.6 is 11.8 Å². The number of hydrogen-bond acceptors (Lipinski definition) is 13. The van der Waals surface area contributed by atoms with Gasteiger partial charge in [0.15, 0.2) is 5.65 Å². The van der Waals surface area contributed by atoms with Gasteiger partial charge in [0.2, 0.25) is 23.6 Å². The van der Waals surface area contributed by atoms with Crippen LogP contribution in [-0.2, 0) is 19.2 Å². The molecule has 17 nitrogen and oxygen atoms in total. The number of para-hydroxylation sites is 1. The van der Waals surface area contributed by atoms with E-state index in [-0.39, 0.29) is 36.3 Å². The molecule has 348 valence electrons. The molecule has 0 aliphatic carbocycles. The SMILES string of the molecule is Nc1ncnc2c1c(-c1ccc(Oc3ccccc3)cc1)nn2C1CCCN(C(=O)CCCN2CCN(C(=O)CCCCCSc3cccc4c3C(=O)N(C3CCC(=O)NC3=O)C4=O)CC2)C1. The summed E-state index contributed by atoms with van der Waals surface area (Å²) < 4.78 is 7.91. The number of aromatic nitrogens is 4. The average molecular weight is 927 g/mol. The molecule has 0 saturated carbocycles. The fraction of sp³-hybridized carbons (Fsp3) is 0.408. The maximum absolute atomic E-state index is 13.6. The predicted molar refractivity (Wildman–Crippen MR) is 251 cm³/mol. The van der Waals surface area contributed by atoms with Crippen LogP contribution in [0.5, 0.6) is 11.5 Å². The maximum atomic E-state index is 13.6. The number of carbonyl (C=O) groups excluding carboxylic acids is 6. The molecule has 4 aliphatic rings. The van der Waals surface area contributed by atoms with Gasteiger partial charge in [-0.05, 0) is 99.4 Å². The lowest BCUT2D eigenvalue weighted by Gasteiger charge is -2.35. The molecular formula is C49H54N10O7S. The van der Waals surface area contributed by atoms with E-state index in [4.69, 9.17) is 15.6 Å². The number of fused-ring (bicyclic) bond motifs is 2. The lowest BCUT2D eigenvalue weighted by atomic mass is 10.0. The van der Waals surface area contributed by atoms with Crippen LogP contribution in [0.2, 0.25) is 0 Å². The number of anilines is 1. The Hall–Kier alpha value is -6.66. The lowest BCUT2D eigenvalue weighted by Crippen LogP contribution is -2.54. The van der Waals surface area contributed by atoms with Crippen LogP contribution in [0.3, 0.4) is 0 Å². The van der Waals surface area contributed by atoms with Crippen molar-refractivity contribution in [2.24, 2.45) is 0 Å². The van der Waals surface area contributed by atoms with Crippen molar-refractivity contribution >= 4 is 64.1 Å². The molecule has 2 atom stereocenters. The van der Waals surface area contributed by atoms with Crippen LogP contribution in [0.15, 0.2) is 84.0 Å². The van der Waals surface area contributed by atoms with Crippen molar-refractivity contribution in [3.05, 3.63) is 90.3 Å².